The number of hydrogen-bond acceptors (Lipinski definition) is 2. The summed E-state index contributed by atoms with van der Waals surface area (Å²) in [7, 11) is 0. The Kier molecular flexibility index (Phi) is 6.24. The minimum Gasteiger partial charge on any atom is -0.379 e. The van der Waals surface area contributed by atoms with Gasteiger partial charge in [0, 0.05) is 18.7 Å². The van der Waals surface area contributed by atoms with Crippen LogP contribution in [0.4, 0.5) is 0 Å². The van der Waals surface area contributed by atoms with Gasteiger partial charge in [0.05, 0.1) is 6.61 Å². The van der Waals surface area contributed by atoms with E-state index in [0.29, 0.717) is 24.6 Å². The molecule has 0 fully saturated rings. The van der Waals surface area contributed by atoms with Crippen molar-refractivity contribution in [1.82, 2.24) is 5.32 Å². The highest BCUT2D eigenvalue weighted by atomic mass is 16.5. The molecule has 0 aromatic carbocycles. The van der Waals surface area contributed by atoms with Gasteiger partial charge in [0.15, 0.2) is 0 Å². The van der Waals surface area contributed by atoms with Crippen LogP contribution in [0.2, 0.25) is 0 Å². The average molecular weight is 185 g/mol. The van der Waals surface area contributed by atoms with E-state index in [9.17, 15) is 4.79 Å². The summed E-state index contributed by atoms with van der Waals surface area (Å²) >= 11 is 0. The lowest BCUT2D eigenvalue weighted by molar-refractivity contribution is -0.117. The zero-order chi connectivity index (χ0) is 10.3. The van der Waals surface area contributed by atoms with Crippen LogP contribution in [-0.4, -0.2) is 25.7 Å². The molecule has 0 saturated carbocycles. The van der Waals surface area contributed by atoms with Crippen molar-refractivity contribution in [3.63, 3.8) is 0 Å². The molecule has 0 heterocycles. The molecule has 0 unspecified atom stereocenters. The summed E-state index contributed by atoms with van der Waals surface area (Å²) < 4.78 is 5.28. The SMILES string of the molecule is C=C(C)C(=O)NCCOCC(C)C. The second-order valence-corrected chi connectivity index (χ2v) is 3.50. The van der Waals surface area contributed by atoms with Crippen molar-refractivity contribution >= 4 is 5.91 Å². The van der Waals surface area contributed by atoms with E-state index in [1.807, 2.05) is 0 Å². The zero-order valence-corrected chi connectivity index (χ0v) is 8.72. The predicted octanol–water partition coefficient (Wildman–Crippen LogP) is 1.35. The van der Waals surface area contributed by atoms with Crippen LogP contribution in [-0.2, 0) is 9.53 Å². The Balaban J connectivity index is 3.26. The summed E-state index contributed by atoms with van der Waals surface area (Å²) in [5.41, 5.74) is 0.531. The van der Waals surface area contributed by atoms with Crippen LogP contribution in [0.3, 0.4) is 0 Å². The second kappa shape index (κ2) is 6.66. The van der Waals surface area contributed by atoms with E-state index >= 15 is 0 Å². The molecular weight excluding hydrogens is 166 g/mol. The van der Waals surface area contributed by atoms with Crippen LogP contribution in [0.5, 0.6) is 0 Å². The molecule has 0 aromatic heterocycles. The Morgan fingerprint density at radius 1 is 1.54 bits per heavy atom. The summed E-state index contributed by atoms with van der Waals surface area (Å²) in [5.74, 6) is 0.435. The van der Waals surface area contributed by atoms with Gasteiger partial charge in [0.2, 0.25) is 5.91 Å². The van der Waals surface area contributed by atoms with Gasteiger partial charge in [-0.25, -0.2) is 0 Å². The van der Waals surface area contributed by atoms with Crippen molar-refractivity contribution in [3.05, 3.63) is 12.2 Å². The lowest BCUT2D eigenvalue weighted by Crippen LogP contribution is -2.27. The molecule has 3 nitrogen and oxygen atoms in total. The molecule has 0 spiro atoms. The molecule has 13 heavy (non-hydrogen) atoms. The molecule has 0 aromatic rings. The lowest BCUT2D eigenvalue weighted by atomic mass is 10.2. The molecule has 1 amide bonds. The first-order valence-electron chi connectivity index (χ1n) is 4.55. The summed E-state index contributed by atoms with van der Waals surface area (Å²) in [4.78, 5) is 11.0. The molecule has 0 radical (unpaired) electrons. The molecule has 0 saturated heterocycles. The summed E-state index contributed by atoms with van der Waals surface area (Å²) in [6, 6.07) is 0. The van der Waals surface area contributed by atoms with E-state index in [1.165, 1.54) is 0 Å². The fourth-order valence-electron chi connectivity index (χ4n) is 0.707. The highest BCUT2D eigenvalue weighted by Gasteiger charge is 1.99. The monoisotopic (exact) mass is 185 g/mol. The van der Waals surface area contributed by atoms with Gasteiger partial charge < -0.3 is 10.1 Å². The van der Waals surface area contributed by atoms with Gasteiger partial charge in [-0.15, -0.1) is 0 Å². The number of rotatable bonds is 6. The van der Waals surface area contributed by atoms with Crippen LogP contribution in [0.25, 0.3) is 0 Å². The number of nitrogens with one attached hydrogen (secondary N) is 1. The normalized spacial score (nSPS) is 10.2. The second-order valence-electron chi connectivity index (χ2n) is 3.50. The number of hydrogen-bond donors (Lipinski definition) is 1. The molecule has 1 N–H and O–H groups in total. The zero-order valence-electron chi connectivity index (χ0n) is 8.72. The van der Waals surface area contributed by atoms with E-state index in [2.05, 4.69) is 25.7 Å². The Morgan fingerprint density at radius 3 is 2.62 bits per heavy atom. The van der Waals surface area contributed by atoms with Gasteiger partial charge in [0.1, 0.15) is 0 Å². The van der Waals surface area contributed by atoms with Crippen molar-refractivity contribution in [3.8, 4) is 0 Å². The van der Waals surface area contributed by atoms with Crippen molar-refractivity contribution in [2.24, 2.45) is 5.92 Å². The van der Waals surface area contributed by atoms with Gasteiger partial charge in [-0.3, -0.25) is 4.79 Å². The number of carbonyl (C=O) groups excluding carboxylic acids is 1. The molecule has 0 aliphatic carbocycles. The van der Waals surface area contributed by atoms with Crippen molar-refractivity contribution in [2.45, 2.75) is 20.8 Å². The third-order valence-electron chi connectivity index (χ3n) is 1.37. The van der Waals surface area contributed by atoms with Gasteiger partial charge in [-0.05, 0) is 12.8 Å². The Labute approximate surface area is 80.2 Å². The summed E-state index contributed by atoms with van der Waals surface area (Å²) in [6.45, 7) is 11.3. The van der Waals surface area contributed by atoms with Gasteiger partial charge in [0.25, 0.3) is 0 Å². The fraction of sp³-hybridized carbons (Fsp3) is 0.700. The molecule has 0 bridgehead atoms. The van der Waals surface area contributed by atoms with Crippen LogP contribution < -0.4 is 5.32 Å². The Hall–Kier alpha value is -0.830. The topological polar surface area (TPSA) is 38.3 Å². The summed E-state index contributed by atoms with van der Waals surface area (Å²) in [6.07, 6.45) is 0. The van der Waals surface area contributed by atoms with E-state index in [-0.39, 0.29) is 5.91 Å². The number of ether oxygens (including phenoxy) is 1. The average Bonchev–Trinajstić information content (AvgIpc) is 2.02. The lowest BCUT2D eigenvalue weighted by Gasteiger charge is -2.07. The molecule has 0 atom stereocenters. The minimum atomic E-state index is -0.104. The first kappa shape index (κ1) is 12.2. The number of amides is 1. The molecule has 0 rings (SSSR count). The summed E-state index contributed by atoms with van der Waals surface area (Å²) in [5, 5.41) is 2.69. The molecule has 3 heteroatoms. The first-order valence-corrected chi connectivity index (χ1v) is 4.55. The van der Waals surface area contributed by atoms with E-state index in [1.54, 1.807) is 6.92 Å². The van der Waals surface area contributed by atoms with E-state index < -0.39 is 0 Å². The molecule has 76 valence electrons. The van der Waals surface area contributed by atoms with Crippen molar-refractivity contribution < 1.29 is 9.53 Å². The molecule has 0 aliphatic rings. The minimum absolute atomic E-state index is 0.104. The largest absolute Gasteiger partial charge is 0.379 e. The maximum atomic E-state index is 11.0. The van der Waals surface area contributed by atoms with Crippen molar-refractivity contribution in [2.75, 3.05) is 19.8 Å². The Morgan fingerprint density at radius 2 is 2.15 bits per heavy atom. The maximum Gasteiger partial charge on any atom is 0.246 e. The highest BCUT2D eigenvalue weighted by molar-refractivity contribution is 5.91. The fourth-order valence-corrected chi connectivity index (χ4v) is 0.707. The molecular formula is C10H19NO2. The predicted molar refractivity (Wildman–Crippen MR) is 53.5 cm³/mol. The standard InChI is InChI=1S/C10H19NO2/c1-8(2)7-13-6-5-11-10(12)9(3)4/h8H,3,5-7H2,1-2,4H3,(H,11,12). The third-order valence-corrected chi connectivity index (χ3v) is 1.37. The smallest absolute Gasteiger partial charge is 0.246 e. The molecule has 0 aliphatic heterocycles. The van der Waals surface area contributed by atoms with E-state index in [4.69, 9.17) is 4.74 Å². The number of carbonyl (C=O) groups is 1. The van der Waals surface area contributed by atoms with Crippen LogP contribution in [0.1, 0.15) is 20.8 Å². The Bertz CT molecular complexity index is 176. The van der Waals surface area contributed by atoms with E-state index in [0.717, 1.165) is 6.61 Å². The van der Waals surface area contributed by atoms with Crippen molar-refractivity contribution in [1.29, 1.82) is 0 Å². The first-order chi connectivity index (χ1) is 6.04. The third kappa shape index (κ3) is 7.53. The quantitative estimate of drug-likeness (QED) is 0.501. The van der Waals surface area contributed by atoms with Gasteiger partial charge >= 0.3 is 0 Å². The maximum absolute atomic E-state index is 11.0. The van der Waals surface area contributed by atoms with Gasteiger partial charge in [-0.2, -0.15) is 0 Å². The van der Waals surface area contributed by atoms with Crippen LogP contribution in [0, 0.1) is 5.92 Å². The highest BCUT2D eigenvalue weighted by Crippen LogP contribution is 1.91. The van der Waals surface area contributed by atoms with Gasteiger partial charge in [-0.1, -0.05) is 20.4 Å². The van der Waals surface area contributed by atoms with Crippen LogP contribution in [0.15, 0.2) is 12.2 Å². The van der Waals surface area contributed by atoms with Crippen LogP contribution >= 0.6 is 0 Å².